The number of anilines is 2. The molecule has 0 saturated carbocycles. The Kier molecular flexibility index (Phi) is 7.95. The quantitative estimate of drug-likeness (QED) is 0.407. The fraction of sp³-hybridized carbons (Fsp3) is 0.300. The van der Waals surface area contributed by atoms with Gasteiger partial charge in [-0.15, -0.1) is 0 Å². The van der Waals surface area contributed by atoms with E-state index in [1.54, 1.807) is 42.5 Å². The van der Waals surface area contributed by atoms with E-state index in [0.29, 0.717) is 40.7 Å². The first-order chi connectivity index (χ1) is 13.0. The van der Waals surface area contributed by atoms with Crippen molar-refractivity contribution in [3.8, 4) is 5.75 Å². The first-order valence-corrected chi connectivity index (χ1v) is 9.15. The van der Waals surface area contributed by atoms with Gasteiger partial charge in [0.25, 0.3) is 5.91 Å². The lowest BCUT2D eigenvalue weighted by Crippen LogP contribution is -2.15. The number of para-hydroxylation sites is 1. The molecule has 0 fully saturated rings. The molecule has 144 valence electrons. The molecule has 0 unspecified atom stereocenters. The van der Waals surface area contributed by atoms with Gasteiger partial charge in [0.2, 0.25) is 0 Å². The number of carboxylic acids is 1. The number of halogens is 1. The van der Waals surface area contributed by atoms with Gasteiger partial charge in [0, 0.05) is 17.1 Å². The van der Waals surface area contributed by atoms with Crippen molar-refractivity contribution in [2.45, 2.75) is 32.1 Å². The average molecular weight is 391 g/mol. The maximum absolute atomic E-state index is 12.5. The second kappa shape index (κ2) is 10.4. The summed E-state index contributed by atoms with van der Waals surface area (Å²) in [6.07, 6.45) is 3.37. The molecule has 2 rings (SSSR count). The van der Waals surface area contributed by atoms with Crippen molar-refractivity contribution in [2.24, 2.45) is 0 Å². The number of carbonyl (C=O) groups excluding carboxylic acids is 1. The number of carbonyl (C=O) groups is 2. The molecule has 6 nitrogen and oxygen atoms in total. The molecular formula is C20H23ClN2O4. The highest BCUT2D eigenvalue weighted by Crippen LogP contribution is 2.29. The Morgan fingerprint density at radius 2 is 1.81 bits per heavy atom. The number of nitrogen functional groups attached to an aromatic ring is 1. The molecular weight excluding hydrogens is 368 g/mol. The van der Waals surface area contributed by atoms with Crippen LogP contribution in [-0.2, 0) is 4.79 Å². The van der Waals surface area contributed by atoms with Gasteiger partial charge in [-0.05, 0) is 43.2 Å². The third-order valence-corrected chi connectivity index (χ3v) is 4.17. The van der Waals surface area contributed by atoms with Crippen LogP contribution in [0.1, 0.15) is 42.5 Å². The Bertz CT molecular complexity index is 795. The van der Waals surface area contributed by atoms with E-state index >= 15 is 0 Å². The molecule has 0 aliphatic carbocycles. The van der Waals surface area contributed by atoms with Gasteiger partial charge in [-0.25, -0.2) is 0 Å². The molecule has 7 heteroatoms. The molecule has 0 spiro atoms. The molecule has 0 aliphatic rings. The summed E-state index contributed by atoms with van der Waals surface area (Å²) in [5.74, 6) is -0.589. The van der Waals surface area contributed by atoms with Crippen molar-refractivity contribution >= 4 is 34.9 Å². The monoisotopic (exact) mass is 390 g/mol. The lowest BCUT2D eigenvalue weighted by Gasteiger charge is -2.14. The average Bonchev–Trinajstić information content (AvgIpc) is 2.62. The molecule has 0 aromatic heterocycles. The summed E-state index contributed by atoms with van der Waals surface area (Å²) < 4.78 is 5.77. The number of amides is 1. The van der Waals surface area contributed by atoms with Crippen LogP contribution in [0.3, 0.4) is 0 Å². The maximum Gasteiger partial charge on any atom is 0.303 e. The van der Waals surface area contributed by atoms with Crippen LogP contribution in [0.15, 0.2) is 42.5 Å². The highest BCUT2D eigenvalue weighted by atomic mass is 35.5. The molecule has 27 heavy (non-hydrogen) atoms. The number of aliphatic carboxylic acids is 1. The Morgan fingerprint density at radius 1 is 1.07 bits per heavy atom. The Balaban J connectivity index is 1.91. The lowest BCUT2D eigenvalue weighted by molar-refractivity contribution is -0.137. The zero-order chi connectivity index (χ0) is 19.6. The number of nitrogens with one attached hydrogen (secondary N) is 1. The SMILES string of the molecule is Nc1ccccc1C(=O)Nc1cc(Cl)ccc1OCCCCCCC(=O)O. The van der Waals surface area contributed by atoms with E-state index in [4.69, 9.17) is 27.2 Å². The van der Waals surface area contributed by atoms with Crippen LogP contribution < -0.4 is 15.8 Å². The zero-order valence-corrected chi connectivity index (χ0v) is 15.7. The van der Waals surface area contributed by atoms with Crippen molar-refractivity contribution in [3.05, 3.63) is 53.1 Å². The molecule has 0 atom stereocenters. The van der Waals surface area contributed by atoms with E-state index in [-0.39, 0.29) is 12.3 Å². The highest BCUT2D eigenvalue weighted by molar-refractivity contribution is 6.31. The number of unbranched alkanes of at least 4 members (excludes halogenated alkanes) is 3. The summed E-state index contributed by atoms with van der Waals surface area (Å²) >= 11 is 6.04. The third-order valence-electron chi connectivity index (χ3n) is 3.94. The number of hydrogen-bond donors (Lipinski definition) is 3. The standard InChI is InChI=1S/C20H23ClN2O4/c21-14-10-11-18(27-12-6-2-1-3-9-19(24)25)17(13-14)23-20(26)15-7-4-5-8-16(15)22/h4-5,7-8,10-11,13H,1-3,6,9,12,22H2,(H,23,26)(H,24,25). The van der Waals surface area contributed by atoms with Crippen molar-refractivity contribution < 1.29 is 19.4 Å². The van der Waals surface area contributed by atoms with Crippen LogP contribution in [0.2, 0.25) is 5.02 Å². The molecule has 0 bridgehead atoms. The fourth-order valence-electron chi connectivity index (χ4n) is 2.53. The predicted octanol–water partition coefficient (Wildman–Crippen LogP) is 4.59. The van der Waals surface area contributed by atoms with Crippen molar-refractivity contribution in [1.29, 1.82) is 0 Å². The summed E-state index contributed by atoms with van der Waals surface area (Å²) in [7, 11) is 0. The molecule has 0 aliphatic heterocycles. The minimum atomic E-state index is -0.771. The summed E-state index contributed by atoms with van der Waals surface area (Å²) in [5.41, 5.74) is 7.09. The fourth-order valence-corrected chi connectivity index (χ4v) is 2.71. The Morgan fingerprint density at radius 3 is 2.56 bits per heavy atom. The second-order valence-corrected chi connectivity index (χ2v) is 6.52. The van der Waals surface area contributed by atoms with E-state index in [1.165, 1.54) is 0 Å². The van der Waals surface area contributed by atoms with E-state index in [0.717, 1.165) is 19.3 Å². The van der Waals surface area contributed by atoms with Crippen molar-refractivity contribution in [2.75, 3.05) is 17.7 Å². The summed E-state index contributed by atoms with van der Waals surface area (Å²) in [6.45, 7) is 0.463. The molecule has 4 N–H and O–H groups in total. The van der Waals surface area contributed by atoms with E-state index in [1.807, 2.05) is 0 Å². The number of nitrogens with two attached hydrogens (primary N) is 1. The number of rotatable bonds is 10. The normalized spacial score (nSPS) is 10.4. The Hall–Kier alpha value is -2.73. The lowest BCUT2D eigenvalue weighted by atomic mass is 10.1. The Labute approximate surface area is 163 Å². The first kappa shape index (κ1) is 20.6. The van der Waals surface area contributed by atoms with Crippen LogP contribution >= 0.6 is 11.6 Å². The highest BCUT2D eigenvalue weighted by Gasteiger charge is 2.13. The first-order valence-electron chi connectivity index (χ1n) is 8.77. The molecule has 0 radical (unpaired) electrons. The van der Waals surface area contributed by atoms with Crippen LogP contribution in [0, 0.1) is 0 Å². The summed E-state index contributed by atoms with van der Waals surface area (Å²) in [6, 6.07) is 11.8. The van der Waals surface area contributed by atoms with Gasteiger partial charge in [0.1, 0.15) is 5.75 Å². The molecule has 0 heterocycles. The zero-order valence-electron chi connectivity index (χ0n) is 14.9. The molecule has 2 aromatic rings. The summed E-state index contributed by atoms with van der Waals surface area (Å²) in [5, 5.41) is 11.9. The van der Waals surface area contributed by atoms with Gasteiger partial charge >= 0.3 is 5.97 Å². The van der Waals surface area contributed by atoms with E-state index < -0.39 is 5.97 Å². The minimum Gasteiger partial charge on any atom is -0.491 e. The topological polar surface area (TPSA) is 102 Å². The van der Waals surface area contributed by atoms with Gasteiger partial charge in [-0.1, -0.05) is 36.6 Å². The van der Waals surface area contributed by atoms with Gasteiger partial charge in [-0.3, -0.25) is 9.59 Å². The molecule has 2 aromatic carbocycles. The van der Waals surface area contributed by atoms with Gasteiger partial charge < -0.3 is 20.9 Å². The van der Waals surface area contributed by atoms with Crippen LogP contribution in [-0.4, -0.2) is 23.6 Å². The number of hydrogen-bond acceptors (Lipinski definition) is 4. The van der Waals surface area contributed by atoms with Gasteiger partial charge in [0.05, 0.1) is 17.9 Å². The smallest absolute Gasteiger partial charge is 0.303 e. The van der Waals surface area contributed by atoms with Gasteiger partial charge in [0.15, 0.2) is 0 Å². The number of benzene rings is 2. The van der Waals surface area contributed by atoms with Crippen LogP contribution in [0.25, 0.3) is 0 Å². The number of ether oxygens (including phenoxy) is 1. The van der Waals surface area contributed by atoms with Gasteiger partial charge in [-0.2, -0.15) is 0 Å². The molecule has 0 saturated heterocycles. The van der Waals surface area contributed by atoms with Crippen LogP contribution in [0.4, 0.5) is 11.4 Å². The third kappa shape index (κ3) is 6.83. The maximum atomic E-state index is 12.5. The van der Waals surface area contributed by atoms with E-state index in [2.05, 4.69) is 5.32 Å². The number of carboxylic acid groups (broad SMARTS) is 1. The van der Waals surface area contributed by atoms with E-state index in [9.17, 15) is 9.59 Å². The predicted molar refractivity (Wildman–Crippen MR) is 106 cm³/mol. The largest absolute Gasteiger partial charge is 0.491 e. The van der Waals surface area contributed by atoms with Crippen molar-refractivity contribution in [3.63, 3.8) is 0 Å². The second-order valence-electron chi connectivity index (χ2n) is 6.09. The van der Waals surface area contributed by atoms with Crippen LogP contribution in [0.5, 0.6) is 5.75 Å². The minimum absolute atomic E-state index is 0.191. The molecule has 1 amide bonds. The summed E-state index contributed by atoms with van der Waals surface area (Å²) in [4.78, 5) is 22.9. The van der Waals surface area contributed by atoms with Crippen molar-refractivity contribution in [1.82, 2.24) is 0 Å².